The summed E-state index contributed by atoms with van der Waals surface area (Å²) in [6.07, 6.45) is 4.88. The van der Waals surface area contributed by atoms with E-state index in [9.17, 15) is 0 Å². The number of ether oxygens (including phenoxy) is 1. The van der Waals surface area contributed by atoms with Gasteiger partial charge in [0.2, 0.25) is 0 Å². The van der Waals surface area contributed by atoms with Gasteiger partial charge in [0, 0.05) is 6.54 Å². The molecule has 0 saturated heterocycles. The van der Waals surface area contributed by atoms with Gasteiger partial charge >= 0.3 is 0 Å². The Kier molecular flexibility index (Phi) is 2.99. The predicted molar refractivity (Wildman–Crippen MR) is 60.3 cm³/mol. The number of para-hydroxylation sites is 2. The zero-order chi connectivity index (χ0) is 10.5. The molecule has 0 fully saturated rings. The smallest absolute Gasteiger partial charge is 0.187 e. The third-order valence-electron chi connectivity index (χ3n) is 2.04. The number of fused-ring (bicyclic) bond motifs is 1. The van der Waals surface area contributed by atoms with Gasteiger partial charge in [-0.05, 0) is 18.3 Å². The Morgan fingerprint density at radius 3 is 3.20 bits per heavy atom. The van der Waals surface area contributed by atoms with Crippen molar-refractivity contribution in [3.8, 4) is 5.75 Å². The number of hydrogen-bond acceptors (Lipinski definition) is 4. The average Bonchev–Trinajstić information content (AvgIpc) is 2.29. The number of benzene rings is 1. The van der Waals surface area contributed by atoms with Crippen molar-refractivity contribution in [1.82, 2.24) is 5.32 Å². The number of nitrogens with two attached hydrogens (primary N) is 1. The molecule has 0 aromatic heterocycles. The summed E-state index contributed by atoms with van der Waals surface area (Å²) in [7, 11) is 0. The van der Waals surface area contributed by atoms with Gasteiger partial charge in [0.25, 0.3) is 0 Å². The van der Waals surface area contributed by atoms with E-state index in [0.29, 0.717) is 6.54 Å². The van der Waals surface area contributed by atoms with Gasteiger partial charge in [-0.25, -0.2) is 0 Å². The fraction of sp³-hybridized carbons (Fsp3) is 0.182. The maximum atomic E-state index is 5.64. The van der Waals surface area contributed by atoms with Gasteiger partial charge in [0.15, 0.2) is 6.23 Å². The summed E-state index contributed by atoms with van der Waals surface area (Å²) in [5.41, 5.74) is 6.09. The maximum Gasteiger partial charge on any atom is 0.187 e. The normalized spacial score (nSPS) is 18.8. The molecule has 0 spiro atoms. The highest BCUT2D eigenvalue weighted by molar-refractivity contribution is 5.73. The third-order valence-corrected chi connectivity index (χ3v) is 2.04. The monoisotopic (exact) mass is 203 g/mol. The molecule has 4 nitrogen and oxygen atoms in total. The Hall–Kier alpha value is -1.81. The molecule has 1 atom stereocenters. The molecule has 0 amide bonds. The number of hydrogen-bond donors (Lipinski definition) is 2. The lowest BCUT2D eigenvalue weighted by Crippen LogP contribution is -2.37. The summed E-state index contributed by atoms with van der Waals surface area (Å²) in [5, 5.41) is 3.13. The molecule has 0 aliphatic carbocycles. The molecular weight excluding hydrogens is 190 g/mol. The van der Waals surface area contributed by atoms with Gasteiger partial charge in [-0.15, -0.1) is 0 Å². The molecule has 15 heavy (non-hydrogen) atoms. The molecular formula is C11H13N3O. The quantitative estimate of drug-likeness (QED) is 0.775. The third kappa shape index (κ3) is 2.35. The van der Waals surface area contributed by atoms with Crippen LogP contribution in [0, 0.1) is 0 Å². The maximum absolute atomic E-state index is 5.64. The lowest BCUT2D eigenvalue weighted by atomic mass is 10.3. The molecule has 1 aliphatic rings. The van der Waals surface area contributed by atoms with Gasteiger partial charge in [-0.1, -0.05) is 18.2 Å². The standard InChI is InChI=1S/C11H13N3O/c12-6-3-7-13-11-8-14-9-4-1-2-5-10(9)15-11/h1-6,8,11,13H,7,12H2/b6-3+. The summed E-state index contributed by atoms with van der Waals surface area (Å²) < 4.78 is 5.64. The van der Waals surface area contributed by atoms with Crippen molar-refractivity contribution in [3.05, 3.63) is 36.5 Å². The number of nitrogens with zero attached hydrogens (tertiary/aromatic N) is 1. The Balaban J connectivity index is 2.00. The minimum atomic E-state index is -0.184. The van der Waals surface area contributed by atoms with Gasteiger partial charge in [0.1, 0.15) is 11.4 Å². The first-order valence-electron chi connectivity index (χ1n) is 4.80. The number of rotatable bonds is 3. The SMILES string of the molecule is N/C=C/CNC1C=Nc2ccccc2O1. The van der Waals surface area contributed by atoms with E-state index < -0.39 is 0 Å². The molecule has 78 valence electrons. The molecule has 4 heteroatoms. The highest BCUT2D eigenvalue weighted by Gasteiger charge is 2.13. The molecule has 0 radical (unpaired) electrons. The second-order valence-corrected chi connectivity index (χ2v) is 3.12. The molecule has 0 bridgehead atoms. The summed E-state index contributed by atoms with van der Waals surface area (Å²) in [6.45, 7) is 0.662. The van der Waals surface area contributed by atoms with E-state index in [1.54, 1.807) is 6.21 Å². The van der Waals surface area contributed by atoms with Crippen molar-refractivity contribution in [2.45, 2.75) is 6.23 Å². The lowest BCUT2D eigenvalue weighted by Gasteiger charge is -2.20. The first kappa shape index (κ1) is 9.73. The molecule has 2 rings (SSSR count). The van der Waals surface area contributed by atoms with Crippen LogP contribution in [0.4, 0.5) is 5.69 Å². The summed E-state index contributed by atoms with van der Waals surface area (Å²) >= 11 is 0. The molecule has 1 aromatic rings. The first-order valence-corrected chi connectivity index (χ1v) is 4.80. The molecule has 1 aromatic carbocycles. The molecule has 1 unspecified atom stereocenters. The predicted octanol–water partition coefficient (Wildman–Crippen LogP) is 1.17. The van der Waals surface area contributed by atoms with Crippen LogP contribution in [0.3, 0.4) is 0 Å². The highest BCUT2D eigenvalue weighted by atomic mass is 16.5. The Morgan fingerprint density at radius 2 is 2.33 bits per heavy atom. The van der Waals surface area contributed by atoms with Crippen molar-refractivity contribution in [3.63, 3.8) is 0 Å². The van der Waals surface area contributed by atoms with E-state index in [1.165, 1.54) is 6.20 Å². The Labute approximate surface area is 88.5 Å². The molecule has 1 heterocycles. The first-order chi connectivity index (χ1) is 7.40. The zero-order valence-electron chi connectivity index (χ0n) is 8.26. The summed E-state index contributed by atoms with van der Waals surface area (Å²) in [4.78, 5) is 4.29. The minimum Gasteiger partial charge on any atom is -0.468 e. The van der Waals surface area contributed by atoms with E-state index in [4.69, 9.17) is 10.5 Å². The Morgan fingerprint density at radius 1 is 1.47 bits per heavy atom. The van der Waals surface area contributed by atoms with E-state index in [2.05, 4.69) is 10.3 Å². The van der Waals surface area contributed by atoms with Crippen LogP contribution in [0.1, 0.15) is 0 Å². The molecule has 0 saturated carbocycles. The number of aliphatic imine (C=N–C) groups is 1. The van der Waals surface area contributed by atoms with Crippen LogP contribution in [0.2, 0.25) is 0 Å². The van der Waals surface area contributed by atoms with E-state index >= 15 is 0 Å². The molecule has 1 aliphatic heterocycles. The lowest BCUT2D eigenvalue weighted by molar-refractivity contribution is 0.235. The van der Waals surface area contributed by atoms with Gasteiger partial charge in [0.05, 0.1) is 6.21 Å². The van der Waals surface area contributed by atoms with Crippen LogP contribution in [-0.4, -0.2) is 19.0 Å². The molecule has 3 N–H and O–H groups in total. The van der Waals surface area contributed by atoms with Gasteiger partial charge < -0.3 is 10.5 Å². The fourth-order valence-corrected chi connectivity index (χ4v) is 1.33. The minimum absolute atomic E-state index is 0.184. The van der Waals surface area contributed by atoms with Crippen molar-refractivity contribution in [1.29, 1.82) is 0 Å². The summed E-state index contributed by atoms with van der Waals surface area (Å²) in [6, 6.07) is 7.68. The van der Waals surface area contributed by atoms with Crippen molar-refractivity contribution in [2.75, 3.05) is 6.54 Å². The largest absolute Gasteiger partial charge is 0.468 e. The zero-order valence-corrected chi connectivity index (χ0v) is 8.26. The van der Waals surface area contributed by atoms with E-state index in [1.807, 2.05) is 30.3 Å². The van der Waals surface area contributed by atoms with Gasteiger partial charge in [-0.2, -0.15) is 0 Å². The van der Waals surface area contributed by atoms with Crippen LogP contribution in [0.5, 0.6) is 5.75 Å². The van der Waals surface area contributed by atoms with Crippen molar-refractivity contribution in [2.24, 2.45) is 10.7 Å². The van der Waals surface area contributed by atoms with Crippen LogP contribution >= 0.6 is 0 Å². The van der Waals surface area contributed by atoms with Crippen molar-refractivity contribution >= 4 is 11.9 Å². The van der Waals surface area contributed by atoms with Crippen LogP contribution in [0.25, 0.3) is 0 Å². The topological polar surface area (TPSA) is 59.6 Å². The fourth-order valence-electron chi connectivity index (χ4n) is 1.33. The highest BCUT2D eigenvalue weighted by Crippen LogP contribution is 2.29. The number of nitrogens with one attached hydrogen (secondary N) is 1. The average molecular weight is 203 g/mol. The van der Waals surface area contributed by atoms with Crippen molar-refractivity contribution < 1.29 is 4.74 Å². The van der Waals surface area contributed by atoms with Crippen LogP contribution in [0.15, 0.2) is 41.5 Å². The summed E-state index contributed by atoms with van der Waals surface area (Å²) in [5.74, 6) is 0.800. The van der Waals surface area contributed by atoms with Gasteiger partial charge in [-0.3, -0.25) is 10.3 Å². The van der Waals surface area contributed by atoms with E-state index in [0.717, 1.165) is 11.4 Å². The Bertz CT molecular complexity index is 387. The second-order valence-electron chi connectivity index (χ2n) is 3.12. The van der Waals surface area contributed by atoms with Crippen LogP contribution < -0.4 is 15.8 Å². The second kappa shape index (κ2) is 4.61. The van der Waals surface area contributed by atoms with Crippen LogP contribution in [-0.2, 0) is 0 Å². The van der Waals surface area contributed by atoms with E-state index in [-0.39, 0.29) is 6.23 Å².